The Balaban J connectivity index is 1.71. The molecular formula is C22H25N3O4. The van der Waals surface area contributed by atoms with Crippen LogP contribution in [0.2, 0.25) is 0 Å². The monoisotopic (exact) mass is 395 g/mol. The maximum absolute atomic E-state index is 12.8. The van der Waals surface area contributed by atoms with Gasteiger partial charge in [-0.25, -0.2) is 4.79 Å². The summed E-state index contributed by atoms with van der Waals surface area (Å²) in [7, 11) is 1.55. The second-order valence-corrected chi connectivity index (χ2v) is 6.95. The summed E-state index contributed by atoms with van der Waals surface area (Å²) in [6.07, 6.45) is 2.63. The van der Waals surface area contributed by atoms with Crippen molar-refractivity contribution >= 4 is 18.2 Å². The molecule has 1 heterocycles. The van der Waals surface area contributed by atoms with Crippen molar-refractivity contribution in [2.75, 3.05) is 13.7 Å². The van der Waals surface area contributed by atoms with Gasteiger partial charge in [-0.05, 0) is 56.0 Å². The molecule has 1 atom stereocenters. The molecule has 1 aliphatic heterocycles. The van der Waals surface area contributed by atoms with Gasteiger partial charge in [-0.15, -0.1) is 5.01 Å². The van der Waals surface area contributed by atoms with Crippen LogP contribution in [0.4, 0.5) is 4.79 Å². The van der Waals surface area contributed by atoms with Crippen molar-refractivity contribution in [3.8, 4) is 11.5 Å². The molecule has 0 radical (unpaired) electrons. The van der Waals surface area contributed by atoms with E-state index in [1.807, 2.05) is 37.3 Å². The molecule has 1 saturated heterocycles. The fourth-order valence-electron chi connectivity index (χ4n) is 3.15. The normalized spacial score (nSPS) is 18.9. The topological polar surface area (TPSA) is 80.2 Å². The Morgan fingerprint density at radius 3 is 2.59 bits per heavy atom. The van der Waals surface area contributed by atoms with Crippen LogP contribution >= 0.6 is 0 Å². The number of carbonyl (C=O) groups is 2. The van der Waals surface area contributed by atoms with Crippen LogP contribution in [0.5, 0.6) is 11.5 Å². The number of hydrogen-bond acceptors (Lipinski definition) is 5. The quantitative estimate of drug-likeness (QED) is 0.549. The third kappa shape index (κ3) is 4.56. The summed E-state index contributed by atoms with van der Waals surface area (Å²) in [6, 6.07) is 14.6. The van der Waals surface area contributed by atoms with Crippen LogP contribution in [0.15, 0.2) is 53.6 Å². The molecule has 1 fully saturated rings. The minimum Gasteiger partial charge on any atom is -0.493 e. The van der Waals surface area contributed by atoms with Gasteiger partial charge in [0, 0.05) is 0 Å². The van der Waals surface area contributed by atoms with Gasteiger partial charge in [0.2, 0.25) is 0 Å². The van der Waals surface area contributed by atoms with Gasteiger partial charge in [-0.1, -0.05) is 30.3 Å². The molecule has 1 aliphatic rings. The second-order valence-electron chi connectivity index (χ2n) is 6.95. The number of amides is 3. The summed E-state index contributed by atoms with van der Waals surface area (Å²) >= 11 is 0. The van der Waals surface area contributed by atoms with E-state index in [1.54, 1.807) is 32.2 Å². The van der Waals surface area contributed by atoms with E-state index in [1.165, 1.54) is 6.21 Å². The zero-order chi connectivity index (χ0) is 20.9. The molecule has 0 aromatic heterocycles. The third-order valence-corrected chi connectivity index (χ3v) is 4.81. The number of hydrazone groups is 1. The largest absolute Gasteiger partial charge is 0.493 e. The number of methoxy groups -OCH3 is 1. The summed E-state index contributed by atoms with van der Waals surface area (Å²) in [5.74, 6) is 0.809. The first kappa shape index (κ1) is 20.4. The molecule has 1 N–H and O–H groups in total. The number of urea groups is 1. The standard InChI is InChI=1S/C22H25N3O4/c1-4-29-18-11-10-17(14-19(18)28-3)15-23-25-20(26)22(2,24-21(25)27)13-12-16-8-6-5-7-9-16/h5-11,14-15H,4,12-13H2,1-3H3,(H,24,27)/b23-15-/t22-/m0/s1. The summed E-state index contributed by atoms with van der Waals surface area (Å²) in [5.41, 5.74) is 0.809. The zero-order valence-corrected chi connectivity index (χ0v) is 16.8. The van der Waals surface area contributed by atoms with Crippen molar-refractivity contribution in [1.82, 2.24) is 10.3 Å². The highest BCUT2D eigenvalue weighted by Gasteiger charge is 2.47. The van der Waals surface area contributed by atoms with Gasteiger partial charge in [-0.2, -0.15) is 5.10 Å². The first-order valence-corrected chi connectivity index (χ1v) is 9.52. The van der Waals surface area contributed by atoms with E-state index in [0.717, 1.165) is 10.6 Å². The van der Waals surface area contributed by atoms with Crippen LogP contribution in [-0.4, -0.2) is 42.4 Å². The Bertz CT molecular complexity index is 914. The molecule has 7 nitrogen and oxygen atoms in total. The summed E-state index contributed by atoms with van der Waals surface area (Å²) < 4.78 is 10.8. The van der Waals surface area contributed by atoms with E-state index in [-0.39, 0.29) is 5.91 Å². The number of aryl methyl sites for hydroxylation is 1. The first-order valence-electron chi connectivity index (χ1n) is 9.52. The molecule has 152 valence electrons. The van der Waals surface area contributed by atoms with Crippen molar-refractivity contribution in [3.05, 3.63) is 59.7 Å². The first-order chi connectivity index (χ1) is 14.0. The van der Waals surface area contributed by atoms with E-state index in [2.05, 4.69) is 10.4 Å². The lowest BCUT2D eigenvalue weighted by atomic mass is 9.93. The lowest BCUT2D eigenvalue weighted by Gasteiger charge is -2.20. The minimum absolute atomic E-state index is 0.368. The Labute approximate surface area is 170 Å². The fourth-order valence-corrected chi connectivity index (χ4v) is 3.15. The second kappa shape index (κ2) is 8.77. The molecule has 0 spiro atoms. The maximum atomic E-state index is 12.8. The molecule has 3 rings (SSSR count). The van der Waals surface area contributed by atoms with Crippen LogP contribution in [0.3, 0.4) is 0 Å². The average Bonchev–Trinajstić information content (AvgIpc) is 2.95. The maximum Gasteiger partial charge on any atom is 0.346 e. The number of nitrogens with one attached hydrogen (secondary N) is 1. The highest BCUT2D eigenvalue weighted by molar-refractivity contribution is 6.07. The molecule has 7 heteroatoms. The number of hydrogen-bond donors (Lipinski definition) is 1. The number of nitrogens with zero attached hydrogens (tertiary/aromatic N) is 2. The van der Waals surface area contributed by atoms with Crippen LogP contribution in [0.25, 0.3) is 0 Å². The van der Waals surface area contributed by atoms with Gasteiger partial charge in [0.15, 0.2) is 11.5 Å². The molecule has 29 heavy (non-hydrogen) atoms. The third-order valence-electron chi connectivity index (χ3n) is 4.81. The Kier molecular flexibility index (Phi) is 6.16. The van der Waals surface area contributed by atoms with Crippen LogP contribution in [-0.2, 0) is 11.2 Å². The van der Waals surface area contributed by atoms with Crippen LogP contribution in [0.1, 0.15) is 31.4 Å². The number of ether oxygens (including phenoxy) is 2. The van der Waals surface area contributed by atoms with Gasteiger partial charge >= 0.3 is 6.03 Å². The van der Waals surface area contributed by atoms with E-state index in [9.17, 15) is 9.59 Å². The van der Waals surface area contributed by atoms with E-state index >= 15 is 0 Å². The molecule has 2 aromatic rings. The van der Waals surface area contributed by atoms with Gasteiger partial charge in [0.25, 0.3) is 5.91 Å². The highest BCUT2D eigenvalue weighted by Crippen LogP contribution is 2.28. The Morgan fingerprint density at radius 1 is 1.14 bits per heavy atom. The highest BCUT2D eigenvalue weighted by atomic mass is 16.5. The predicted octanol–water partition coefficient (Wildman–Crippen LogP) is 3.37. The van der Waals surface area contributed by atoms with Crippen LogP contribution < -0.4 is 14.8 Å². The summed E-state index contributed by atoms with van der Waals surface area (Å²) in [4.78, 5) is 25.2. The van der Waals surface area contributed by atoms with Crippen molar-refractivity contribution in [3.63, 3.8) is 0 Å². The average molecular weight is 395 g/mol. The number of rotatable bonds is 8. The smallest absolute Gasteiger partial charge is 0.346 e. The summed E-state index contributed by atoms with van der Waals surface area (Å²) in [5, 5.41) is 7.75. The number of carbonyl (C=O) groups excluding carboxylic acids is 2. The molecule has 2 aromatic carbocycles. The van der Waals surface area contributed by atoms with Gasteiger partial charge in [0.1, 0.15) is 5.54 Å². The van der Waals surface area contributed by atoms with Crippen molar-refractivity contribution in [1.29, 1.82) is 0 Å². The van der Waals surface area contributed by atoms with Gasteiger partial charge < -0.3 is 14.8 Å². The Hall–Kier alpha value is -3.35. The molecule has 3 amide bonds. The SMILES string of the molecule is CCOc1ccc(/C=N\N2C(=O)N[C@@](C)(CCc3ccccc3)C2=O)cc1OC. The Morgan fingerprint density at radius 2 is 1.90 bits per heavy atom. The molecule has 0 saturated carbocycles. The lowest BCUT2D eigenvalue weighted by Crippen LogP contribution is -2.44. The molecular weight excluding hydrogens is 370 g/mol. The van der Waals surface area contributed by atoms with E-state index in [4.69, 9.17) is 9.47 Å². The predicted molar refractivity (Wildman–Crippen MR) is 110 cm³/mol. The van der Waals surface area contributed by atoms with Crippen LogP contribution in [0, 0.1) is 0 Å². The number of imide groups is 1. The minimum atomic E-state index is -0.985. The number of benzene rings is 2. The molecule has 0 aliphatic carbocycles. The van der Waals surface area contributed by atoms with E-state index < -0.39 is 11.6 Å². The molecule has 0 bridgehead atoms. The van der Waals surface area contributed by atoms with Gasteiger partial charge in [-0.3, -0.25) is 4.79 Å². The van der Waals surface area contributed by atoms with Crippen molar-refractivity contribution < 1.29 is 19.1 Å². The summed E-state index contributed by atoms with van der Waals surface area (Å²) in [6.45, 7) is 4.14. The van der Waals surface area contributed by atoms with E-state index in [0.29, 0.717) is 36.5 Å². The van der Waals surface area contributed by atoms with Crippen molar-refractivity contribution in [2.24, 2.45) is 5.10 Å². The van der Waals surface area contributed by atoms with Crippen molar-refractivity contribution in [2.45, 2.75) is 32.2 Å². The van der Waals surface area contributed by atoms with Gasteiger partial charge in [0.05, 0.1) is 19.9 Å². The lowest BCUT2D eigenvalue weighted by molar-refractivity contribution is -0.130. The fraction of sp³-hybridized carbons (Fsp3) is 0.318. The molecule has 0 unspecified atom stereocenters. The zero-order valence-electron chi connectivity index (χ0n) is 16.8.